The average Bonchev–Trinajstić information content (AvgIpc) is 2.29. The summed E-state index contributed by atoms with van der Waals surface area (Å²) in [5, 5.41) is 18.1. The Hall–Kier alpha value is -1.52. The third-order valence-electron chi connectivity index (χ3n) is 2.55. The SMILES string of the molecule is C/C=C/C1=C(C)C(=O)C(CO)=C(CO)C1=O. The highest BCUT2D eigenvalue weighted by molar-refractivity contribution is 6.26. The first-order valence-electron chi connectivity index (χ1n) is 4.95. The summed E-state index contributed by atoms with van der Waals surface area (Å²) in [7, 11) is 0. The van der Waals surface area contributed by atoms with Crippen LogP contribution >= 0.6 is 0 Å². The quantitative estimate of drug-likeness (QED) is 0.674. The van der Waals surface area contributed by atoms with Gasteiger partial charge in [-0.1, -0.05) is 12.2 Å². The van der Waals surface area contributed by atoms with Crippen LogP contribution in [0.2, 0.25) is 0 Å². The molecule has 4 heteroatoms. The highest BCUT2D eigenvalue weighted by Crippen LogP contribution is 2.24. The Morgan fingerprint density at radius 3 is 2.00 bits per heavy atom. The zero-order valence-electron chi connectivity index (χ0n) is 9.28. The van der Waals surface area contributed by atoms with Crippen molar-refractivity contribution < 1.29 is 19.8 Å². The van der Waals surface area contributed by atoms with E-state index in [1.165, 1.54) is 0 Å². The van der Waals surface area contributed by atoms with Crippen LogP contribution in [0.25, 0.3) is 0 Å². The number of ketones is 2. The molecule has 0 unspecified atom stereocenters. The Kier molecular flexibility index (Phi) is 3.93. The van der Waals surface area contributed by atoms with Crippen LogP contribution in [0.5, 0.6) is 0 Å². The van der Waals surface area contributed by atoms with E-state index in [1.54, 1.807) is 26.0 Å². The Bertz CT molecular complexity index is 424. The van der Waals surface area contributed by atoms with Crippen LogP contribution in [-0.2, 0) is 9.59 Å². The molecule has 0 saturated carbocycles. The van der Waals surface area contributed by atoms with Crippen LogP contribution in [0.15, 0.2) is 34.4 Å². The predicted molar refractivity (Wildman–Crippen MR) is 58.7 cm³/mol. The summed E-state index contributed by atoms with van der Waals surface area (Å²) >= 11 is 0. The molecule has 1 rings (SSSR count). The Morgan fingerprint density at radius 2 is 1.56 bits per heavy atom. The summed E-state index contributed by atoms with van der Waals surface area (Å²) in [6, 6.07) is 0. The smallest absolute Gasteiger partial charge is 0.192 e. The van der Waals surface area contributed by atoms with Gasteiger partial charge in [0.2, 0.25) is 0 Å². The van der Waals surface area contributed by atoms with Crippen LogP contribution < -0.4 is 0 Å². The lowest BCUT2D eigenvalue weighted by Gasteiger charge is -2.18. The zero-order chi connectivity index (χ0) is 12.3. The van der Waals surface area contributed by atoms with Gasteiger partial charge in [-0.2, -0.15) is 0 Å². The van der Waals surface area contributed by atoms with Crippen molar-refractivity contribution >= 4 is 11.6 Å². The minimum Gasteiger partial charge on any atom is -0.392 e. The van der Waals surface area contributed by atoms with Gasteiger partial charge >= 0.3 is 0 Å². The lowest BCUT2D eigenvalue weighted by Crippen LogP contribution is -2.25. The van der Waals surface area contributed by atoms with Crippen LogP contribution in [0, 0.1) is 0 Å². The van der Waals surface area contributed by atoms with Gasteiger partial charge in [-0.05, 0) is 13.8 Å². The van der Waals surface area contributed by atoms with Crippen LogP contribution in [0.4, 0.5) is 0 Å². The van der Waals surface area contributed by atoms with E-state index in [0.717, 1.165) is 0 Å². The summed E-state index contributed by atoms with van der Waals surface area (Å²) in [6.07, 6.45) is 3.20. The van der Waals surface area contributed by atoms with E-state index in [1.807, 2.05) is 0 Å². The molecular formula is C12H14O4. The number of aliphatic hydroxyl groups excluding tert-OH is 2. The monoisotopic (exact) mass is 222 g/mol. The molecule has 0 amide bonds. The highest BCUT2D eigenvalue weighted by Gasteiger charge is 2.29. The number of aliphatic hydroxyl groups is 2. The molecule has 0 spiro atoms. The first kappa shape index (κ1) is 12.5. The summed E-state index contributed by atoms with van der Waals surface area (Å²) in [6.45, 7) is 2.22. The molecule has 16 heavy (non-hydrogen) atoms. The molecular weight excluding hydrogens is 208 g/mol. The van der Waals surface area contributed by atoms with E-state index in [-0.39, 0.29) is 28.3 Å². The summed E-state index contributed by atoms with van der Waals surface area (Å²) in [5.41, 5.74) is 0.586. The van der Waals surface area contributed by atoms with Crippen molar-refractivity contribution in [3.63, 3.8) is 0 Å². The minimum absolute atomic E-state index is 0.00162. The second kappa shape index (κ2) is 5.01. The summed E-state index contributed by atoms with van der Waals surface area (Å²) in [4.78, 5) is 23.7. The topological polar surface area (TPSA) is 74.6 Å². The molecule has 0 aromatic carbocycles. The number of hydrogen-bond donors (Lipinski definition) is 2. The molecule has 1 aliphatic rings. The lowest BCUT2D eigenvalue weighted by molar-refractivity contribution is -0.117. The number of allylic oxidation sites excluding steroid dienone is 4. The van der Waals surface area contributed by atoms with Crippen molar-refractivity contribution in [3.8, 4) is 0 Å². The van der Waals surface area contributed by atoms with Crippen molar-refractivity contribution in [1.29, 1.82) is 0 Å². The van der Waals surface area contributed by atoms with E-state index in [9.17, 15) is 9.59 Å². The average molecular weight is 222 g/mol. The van der Waals surface area contributed by atoms with Gasteiger partial charge < -0.3 is 10.2 Å². The first-order chi connectivity index (χ1) is 7.58. The van der Waals surface area contributed by atoms with E-state index in [2.05, 4.69) is 0 Å². The van der Waals surface area contributed by atoms with Crippen molar-refractivity contribution in [2.45, 2.75) is 13.8 Å². The van der Waals surface area contributed by atoms with Crippen LogP contribution in [0.1, 0.15) is 13.8 Å². The molecule has 0 radical (unpaired) electrons. The molecule has 0 heterocycles. The summed E-state index contributed by atoms with van der Waals surface area (Å²) < 4.78 is 0. The van der Waals surface area contributed by atoms with Crippen LogP contribution in [-0.4, -0.2) is 35.0 Å². The lowest BCUT2D eigenvalue weighted by atomic mass is 9.85. The van der Waals surface area contributed by atoms with E-state index < -0.39 is 13.2 Å². The molecule has 2 N–H and O–H groups in total. The largest absolute Gasteiger partial charge is 0.392 e. The van der Waals surface area contributed by atoms with Crippen molar-refractivity contribution in [2.75, 3.05) is 13.2 Å². The zero-order valence-corrected chi connectivity index (χ0v) is 9.28. The normalized spacial score (nSPS) is 18.0. The van der Waals surface area contributed by atoms with Gasteiger partial charge in [0.25, 0.3) is 0 Å². The van der Waals surface area contributed by atoms with Gasteiger partial charge in [0.05, 0.1) is 13.2 Å². The van der Waals surface area contributed by atoms with E-state index in [0.29, 0.717) is 5.57 Å². The molecule has 0 aliphatic heterocycles. The maximum atomic E-state index is 11.9. The van der Waals surface area contributed by atoms with Gasteiger partial charge in [-0.3, -0.25) is 9.59 Å². The molecule has 0 atom stereocenters. The van der Waals surface area contributed by atoms with E-state index >= 15 is 0 Å². The van der Waals surface area contributed by atoms with Crippen molar-refractivity contribution in [2.24, 2.45) is 0 Å². The molecule has 1 aliphatic carbocycles. The molecule has 86 valence electrons. The third kappa shape index (κ3) is 1.89. The fourth-order valence-electron chi connectivity index (χ4n) is 1.66. The number of hydrogen-bond acceptors (Lipinski definition) is 4. The summed E-state index contributed by atoms with van der Waals surface area (Å²) in [5.74, 6) is -0.763. The van der Waals surface area contributed by atoms with Gasteiger partial charge in [-0.25, -0.2) is 0 Å². The predicted octanol–water partition coefficient (Wildman–Crippen LogP) is 0.312. The minimum atomic E-state index is -0.533. The molecule has 0 aromatic heterocycles. The number of carbonyl (C=O) groups is 2. The standard InChI is InChI=1S/C12H14O4/c1-3-4-8-7(2)11(15)9(5-13)10(6-14)12(8)16/h3-4,13-14H,5-6H2,1-2H3/b4-3+. The number of carbonyl (C=O) groups excluding carboxylic acids is 2. The molecule has 0 saturated heterocycles. The molecule has 0 bridgehead atoms. The highest BCUT2D eigenvalue weighted by atomic mass is 16.3. The van der Waals surface area contributed by atoms with Gasteiger partial charge in [-0.15, -0.1) is 0 Å². The third-order valence-corrected chi connectivity index (χ3v) is 2.55. The Labute approximate surface area is 93.6 Å². The Morgan fingerprint density at radius 1 is 1.06 bits per heavy atom. The maximum Gasteiger partial charge on any atom is 0.192 e. The van der Waals surface area contributed by atoms with E-state index in [4.69, 9.17) is 10.2 Å². The van der Waals surface area contributed by atoms with Crippen molar-refractivity contribution in [3.05, 3.63) is 34.4 Å². The van der Waals surface area contributed by atoms with Gasteiger partial charge in [0.15, 0.2) is 11.6 Å². The first-order valence-corrected chi connectivity index (χ1v) is 4.95. The fourth-order valence-corrected chi connectivity index (χ4v) is 1.66. The fraction of sp³-hybridized carbons (Fsp3) is 0.333. The maximum absolute atomic E-state index is 11.9. The number of rotatable bonds is 3. The van der Waals surface area contributed by atoms with Gasteiger partial charge in [0.1, 0.15) is 0 Å². The molecule has 0 aromatic rings. The Balaban J connectivity index is 3.36. The molecule has 4 nitrogen and oxygen atoms in total. The van der Waals surface area contributed by atoms with Crippen LogP contribution in [0.3, 0.4) is 0 Å². The second-order valence-electron chi connectivity index (χ2n) is 3.47. The van der Waals surface area contributed by atoms with Crippen molar-refractivity contribution in [1.82, 2.24) is 0 Å². The molecule has 0 fully saturated rings. The number of Topliss-reactive ketones (excluding diaryl/α,β-unsaturated/α-hetero) is 2. The second-order valence-corrected chi connectivity index (χ2v) is 3.47. The van der Waals surface area contributed by atoms with Gasteiger partial charge in [0, 0.05) is 22.3 Å².